The van der Waals surface area contributed by atoms with Gasteiger partial charge in [0.2, 0.25) is 10.0 Å². The summed E-state index contributed by atoms with van der Waals surface area (Å²) in [5, 5.41) is 2.58. The van der Waals surface area contributed by atoms with Gasteiger partial charge >= 0.3 is 5.97 Å². The molecule has 0 spiro atoms. The second-order valence-electron chi connectivity index (χ2n) is 5.86. The molecule has 1 aromatic carbocycles. The van der Waals surface area contributed by atoms with Gasteiger partial charge in [0.15, 0.2) is 0 Å². The summed E-state index contributed by atoms with van der Waals surface area (Å²) in [6.45, 7) is 3.47. The number of amides is 1. The molecular formula is C15H20N2O5S. The van der Waals surface area contributed by atoms with Gasteiger partial charge in [-0.1, -0.05) is 6.07 Å². The first-order valence-electron chi connectivity index (χ1n) is 7.19. The number of nitrogens with one attached hydrogen (secondary N) is 1. The minimum Gasteiger partial charge on any atom is -0.467 e. The molecule has 1 N–H and O–H groups in total. The zero-order chi connectivity index (χ0) is 17.3. The smallest absolute Gasteiger partial charge is 0.330 e. The summed E-state index contributed by atoms with van der Waals surface area (Å²) in [4.78, 5) is 24.0. The maximum atomic E-state index is 12.3. The van der Waals surface area contributed by atoms with Gasteiger partial charge in [-0.05, 0) is 38.5 Å². The van der Waals surface area contributed by atoms with Crippen LogP contribution in [0.2, 0.25) is 0 Å². The van der Waals surface area contributed by atoms with Crippen LogP contribution in [-0.4, -0.2) is 45.2 Å². The van der Waals surface area contributed by atoms with E-state index >= 15 is 0 Å². The summed E-state index contributed by atoms with van der Waals surface area (Å²) < 4.78 is 29.9. The molecule has 0 radical (unpaired) electrons. The van der Waals surface area contributed by atoms with Crippen molar-refractivity contribution in [3.8, 4) is 0 Å². The average molecular weight is 340 g/mol. The zero-order valence-electron chi connectivity index (χ0n) is 13.3. The number of benzene rings is 1. The van der Waals surface area contributed by atoms with Crippen molar-refractivity contribution in [1.29, 1.82) is 0 Å². The Bertz CT molecular complexity index is 727. The number of esters is 1. The van der Waals surface area contributed by atoms with Crippen LogP contribution in [0.15, 0.2) is 24.3 Å². The van der Waals surface area contributed by atoms with Crippen molar-refractivity contribution in [3.63, 3.8) is 0 Å². The predicted molar refractivity (Wildman–Crippen MR) is 85.8 cm³/mol. The fourth-order valence-corrected chi connectivity index (χ4v) is 3.95. The third-order valence-corrected chi connectivity index (χ3v) is 5.49. The fraction of sp³-hybridized carbons (Fsp3) is 0.467. The van der Waals surface area contributed by atoms with E-state index in [1.54, 1.807) is 18.2 Å². The molecule has 1 heterocycles. The van der Waals surface area contributed by atoms with E-state index in [2.05, 4.69) is 10.1 Å². The number of hydrogen-bond acceptors (Lipinski definition) is 5. The molecule has 8 heteroatoms. The molecule has 0 unspecified atom stereocenters. The van der Waals surface area contributed by atoms with Crippen LogP contribution in [0.3, 0.4) is 0 Å². The van der Waals surface area contributed by atoms with E-state index in [1.807, 2.05) is 0 Å². The fourth-order valence-electron chi connectivity index (χ4n) is 2.39. The second kappa shape index (κ2) is 6.19. The Balaban J connectivity index is 2.23. The molecule has 1 fully saturated rings. The van der Waals surface area contributed by atoms with Crippen molar-refractivity contribution in [1.82, 2.24) is 5.32 Å². The highest BCUT2D eigenvalue weighted by Gasteiger charge is 2.32. The number of hydrogen-bond donors (Lipinski definition) is 1. The van der Waals surface area contributed by atoms with Gasteiger partial charge in [-0.2, -0.15) is 0 Å². The molecule has 0 saturated carbocycles. The van der Waals surface area contributed by atoms with Crippen molar-refractivity contribution in [2.24, 2.45) is 0 Å². The van der Waals surface area contributed by atoms with Gasteiger partial charge in [-0.25, -0.2) is 13.2 Å². The Morgan fingerprint density at radius 1 is 1.30 bits per heavy atom. The number of nitrogens with zero attached hydrogens (tertiary/aromatic N) is 1. The number of methoxy groups -OCH3 is 1. The van der Waals surface area contributed by atoms with Crippen LogP contribution in [0, 0.1) is 0 Å². The highest BCUT2D eigenvalue weighted by atomic mass is 32.2. The number of anilines is 1. The predicted octanol–water partition coefficient (Wildman–Crippen LogP) is 0.908. The van der Waals surface area contributed by atoms with Gasteiger partial charge in [-0.3, -0.25) is 9.10 Å². The number of carbonyl (C=O) groups excluding carboxylic acids is 2. The lowest BCUT2D eigenvalue weighted by molar-refractivity contribution is -0.146. The van der Waals surface area contributed by atoms with Crippen LogP contribution in [0.5, 0.6) is 0 Å². The van der Waals surface area contributed by atoms with Crippen LogP contribution in [0.4, 0.5) is 5.69 Å². The van der Waals surface area contributed by atoms with Crippen LogP contribution in [-0.2, 0) is 19.6 Å². The quantitative estimate of drug-likeness (QED) is 0.822. The van der Waals surface area contributed by atoms with Gasteiger partial charge in [-0.15, -0.1) is 0 Å². The van der Waals surface area contributed by atoms with E-state index in [9.17, 15) is 18.0 Å². The molecule has 1 aliphatic heterocycles. The molecule has 126 valence electrons. The topological polar surface area (TPSA) is 92.8 Å². The summed E-state index contributed by atoms with van der Waals surface area (Å²) in [7, 11) is -2.06. The summed E-state index contributed by atoms with van der Waals surface area (Å²) >= 11 is 0. The highest BCUT2D eigenvalue weighted by molar-refractivity contribution is 7.93. The maximum Gasteiger partial charge on any atom is 0.330 e. The first-order chi connectivity index (χ1) is 10.7. The number of ether oxygens (including phenoxy) is 1. The highest BCUT2D eigenvalue weighted by Crippen LogP contribution is 2.25. The lowest BCUT2D eigenvalue weighted by atomic mass is 10.0. The summed E-state index contributed by atoms with van der Waals surface area (Å²) in [6, 6.07) is 6.33. The maximum absolute atomic E-state index is 12.3. The molecular weight excluding hydrogens is 320 g/mol. The first kappa shape index (κ1) is 17.3. The minimum absolute atomic E-state index is 0.110. The Kier molecular flexibility index (Phi) is 4.65. The Morgan fingerprint density at radius 3 is 2.57 bits per heavy atom. The Morgan fingerprint density at radius 2 is 2.00 bits per heavy atom. The Labute approximate surface area is 135 Å². The first-order valence-corrected chi connectivity index (χ1v) is 8.80. The third-order valence-electron chi connectivity index (χ3n) is 3.62. The number of rotatable bonds is 4. The molecule has 0 atom stereocenters. The lowest BCUT2D eigenvalue weighted by Gasteiger charge is -2.23. The van der Waals surface area contributed by atoms with Crippen molar-refractivity contribution in [2.45, 2.75) is 25.8 Å². The van der Waals surface area contributed by atoms with Gasteiger partial charge in [0.05, 0.1) is 18.6 Å². The normalized spacial score (nSPS) is 16.9. The van der Waals surface area contributed by atoms with Gasteiger partial charge in [0.25, 0.3) is 5.91 Å². The lowest BCUT2D eigenvalue weighted by Crippen LogP contribution is -2.50. The molecule has 1 amide bonds. The van der Waals surface area contributed by atoms with Crippen LogP contribution >= 0.6 is 0 Å². The molecule has 23 heavy (non-hydrogen) atoms. The van der Waals surface area contributed by atoms with Crippen molar-refractivity contribution >= 4 is 27.6 Å². The second-order valence-corrected chi connectivity index (χ2v) is 7.88. The van der Waals surface area contributed by atoms with Crippen molar-refractivity contribution in [2.75, 3.05) is 23.7 Å². The molecule has 0 aromatic heterocycles. The van der Waals surface area contributed by atoms with Crippen molar-refractivity contribution < 1.29 is 22.7 Å². The largest absolute Gasteiger partial charge is 0.467 e. The van der Waals surface area contributed by atoms with Crippen LogP contribution < -0.4 is 9.62 Å². The molecule has 0 aliphatic carbocycles. The average Bonchev–Trinajstić information content (AvgIpc) is 2.85. The van der Waals surface area contributed by atoms with E-state index < -0.39 is 27.4 Å². The molecule has 1 aliphatic rings. The molecule has 2 rings (SSSR count). The van der Waals surface area contributed by atoms with E-state index in [1.165, 1.54) is 31.3 Å². The summed E-state index contributed by atoms with van der Waals surface area (Å²) in [5.74, 6) is -0.929. The molecule has 7 nitrogen and oxygen atoms in total. The van der Waals surface area contributed by atoms with E-state index in [0.717, 1.165) is 0 Å². The molecule has 0 bridgehead atoms. The minimum atomic E-state index is -3.31. The van der Waals surface area contributed by atoms with E-state index in [-0.39, 0.29) is 11.3 Å². The van der Waals surface area contributed by atoms with Crippen LogP contribution in [0.1, 0.15) is 30.6 Å². The van der Waals surface area contributed by atoms with Gasteiger partial charge in [0.1, 0.15) is 5.54 Å². The Hall–Kier alpha value is -2.09. The monoisotopic (exact) mass is 340 g/mol. The molecule has 1 aromatic rings. The SMILES string of the molecule is COC(=O)C(C)(C)NC(=O)c1cccc(N2CCCS2(=O)=O)c1. The van der Waals surface area contributed by atoms with Gasteiger partial charge < -0.3 is 10.1 Å². The molecule has 1 saturated heterocycles. The van der Waals surface area contributed by atoms with E-state index in [0.29, 0.717) is 18.7 Å². The third kappa shape index (κ3) is 3.64. The number of carbonyl (C=O) groups is 2. The van der Waals surface area contributed by atoms with E-state index in [4.69, 9.17) is 0 Å². The summed E-state index contributed by atoms with van der Waals surface area (Å²) in [6.07, 6.45) is 0.564. The number of sulfonamides is 1. The standard InChI is InChI=1S/C15H20N2O5S/c1-15(2,14(19)22-3)16-13(18)11-6-4-7-12(10-11)17-8-5-9-23(17,20)21/h4,6-7,10H,5,8-9H2,1-3H3,(H,16,18). The van der Waals surface area contributed by atoms with Gasteiger partial charge in [0, 0.05) is 12.1 Å². The van der Waals surface area contributed by atoms with Crippen molar-refractivity contribution in [3.05, 3.63) is 29.8 Å². The summed E-state index contributed by atoms with van der Waals surface area (Å²) in [5.41, 5.74) is -0.450. The van der Waals surface area contributed by atoms with Crippen LogP contribution in [0.25, 0.3) is 0 Å². The zero-order valence-corrected chi connectivity index (χ0v) is 14.1.